The van der Waals surface area contributed by atoms with E-state index in [0.717, 1.165) is 19.3 Å². The Kier molecular flexibility index (Phi) is 5.32. The van der Waals surface area contributed by atoms with Gasteiger partial charge in [-0.3, -0.25) is 9.59 Å². The molecule has 1 fully saturated rings. The summed E-state index contributed by atoms with van der Waals surface area (Å²) in [5.74, 6) is -0.0421. The molecule has 18 heavy (non-hydrogen) atoms. The van der Waals surface area contributed by atoms with E-state index in [1.54, 1.807) is 0 Å². The quantitative estimate of drug-likeness (QED) is 0.709. The molecule has 1 N–H and O–H groups in total. The van der Waals surface area contributed by atoms with Crippen molar-refractivity contribution in [2.24, 2.45) is 5.92 Å². The van der Waals surface area contributed by atoms with Crippen LogP contribution in [0.25, 0.3) is 0 Å². The van der Waals surface area contributed by atoms with E-state index in [9.17, 15) is 14.7 Å². The predicted octanol–water partition coefficient (Wildman–Crippen LogP) is 2.10. The number of hydrogen-bond acceptors (Lipinski definition) is 3. The number of hydrogen-bond donors (Lipinski definition) is 1. The van der Waals surface area contributed by atoms with Crippen LogP contribution in [-0.2, 0) is 9.59 Å². The molecule has 1 aliphatic rings. The summed E-state index contributed by atoms with van der Waals surface area (Å²) < 4.78 is 0. The van der Waals surface area contributed by atoms with Gasteiger partial charge in [-0.15, -0.1) is 0 Å². The van der Waals surface area contributed by atoms with Crippen molar-refractivity contribution in [2.75, 3.05) is 6.54 Å². The van der Waals surface area contributed by atoms with Crippen LogP contribution in [0.15, 0.2) is 0 Å². The Morgan fingerprint density at radius 2 is 2.11 bits per heavy atom. The largest absolute Gasteiger partial charge is 0.364 e. The summed E-state index contributed by atoms with van der Waals surface area (Å²) in [6.45, 7) is 6.49. The van der Waals surface area contributed by atoms with Gasteiger partial charge in [0.25, 0.3) is 0 Å². The van der Waals surface area contributed by atoms with Crippen LogP contribution in [0.3, 0.4) is 0 Å². The molecule has 0 aliphatic carbocycles. The van der Waals surface area contributed by atoms with Gasteiger partial charge in [-0.1, -0.05) is 33.6 Å². The molecule has 0 unspecified atom stereocenters. The molecule has 0 saturated carbocycles. The number of Topliss-reactive ketones (excluding diaryl/α,β-unsaturated/α-hetero) is 1. The number of amides is 1. The van der Waals surface area contributed by atoms with Crippen molar-refractivity contribution >= 4 is 11.7 Å². The fourth-order valence-corrected chi connectivity index (χ4v) is 2.40. The van der Waals surface area contributed by atoms with Gasteiger partial charge in [0.1, 0.15) is 0 Å². The van der Waals surface area contributed by atoms with Gasteiger partial charge >= 0.3 is 0 Å². The number of ketones is 1. The zero-order valence-electron chi connectivity index (χ0n) is 11.7. The first kappa shape index (κ1) is 15.2. The van der Waals surface area contributed by atoms with Gasteiger partial charge in [0.15, 0.2) is 5.78 Å². The predicted molar refractivity (Wildman–Crippen MR) is 69.9 cm³/mol. The molecule has 0 bridgehead atoms. The van der Waals surface area contributed by atoms with E-state index in [1.807, 2.05) is 13.8 Å². The first-order chi connectivity index (χ1) is 8.41. The van der Waals surface area contributed by atoms with Gasteiger partial charge in [-0.25, -0.2) is 0 Å². The lowest BCUT2D eigenvalue weighted by Gasteiger charge is -2.33. The third-order valence-corrected chi connectivity index (χ3v) is 3.44. The topological polar surface area (TPSA) is 57.6 Å². The second-order valence-corrected chi connectivity index (χ2v) is 5.60. The molecule has 4 heteroatoms. The van der Waals surface area contributed by atoms with Crippen molar-refractivity contribution in [2.45, 2.75) is 65.0 Å². The molecule has 4 nitrogen and oxygen atoms in total. The molecule has 104 valence electrons. The van der Waals surface area contributed by atoms with E-state index in [4.69, 9.17) is 0 Å². The van der Waals surface area contributed by atoms with E-state index < -0.39 is 5.72 Å². The van der Waals surface area contributed by atoms with E-state index in [-0.39, 0.29) is 30.4 Å². The molecule has 1 aliphatic heterocycles. The fraction of sp³-hybridized carbons (Fsp3) is 0.857. The number of unbranched alkanes of at least 4 members (excludes halogenated alkanes) is 2. The molecule has 1 atom stereocenters. The second kappa shape index (κ2) is 6.32. The molecule has 0 spiro atoms. The molecule has 1 rings (SSSR count). The number of nitrogens with zero attached hydrogens (tertiary/aromatic N) is 1. The standard InChI is InChI=1S/C14H25NO3/c1-4-5-6-7-12(16)14(18)9-8-13(17)15(14)10-11(2)3/h11,18H,4-10H2,1-3H3/t14-/m0/s1. The second-order valence-electron chi connectivity index (χ2n) is 5.60. The lowest BCUT2D eigenvalue weighted by molar-refractivity contribution is -0.164. The van der Waals surface area contributed by atoms with Crippen molar-refractivity contribution in [3.8, 4) is 0 Å². The molecule has 0 radical (unpaired) electrons. The van der Waals surface area contributed by atoms with Crippen LogP contribution >= 0.6 is 0 Å². The smallest absolute Gasteiger partial charge is 0.225 e. The minimum Gasteiger partial charge on any atom is -0.364 e. The lowest BCUT2D eigenvalue weighted by Crippen LogP contribution is -2.53. The fourth-order valence-electron chi connectivity index (χ4n) is 2.40. The third-order valence-electron chi connectivity index (χ3n) is 3.44. The molecular formula is C14H25NO3. The zero-order valence-corrected chi connectivity index (χ0v) is 11.7. The minimum absolute atomic E-state index is 0.102. The van der Waals surface area contributed by atoms with Crippen LogP contribution in [0.1, 0.15) is 59.3 Å². The Bertz CT molecular complexity index is 314. The Hall–Kier alpha value is -0.900. The Morgan fingerprint density at radius 3 is 2.67 bits per heavy atom. The number of rotatable bonds is 7. The van der Waals surface area contributed by atoms with Crippen molar-refractivity contribution in [3.63, 3.8) is 0 Å². The van der Waals surface area contributed by atoms with E-state index in [1.165, 1.54) is 4.90 Å². The van der Waals surface area contributed by atoms with E-state index in [2.05, 4.69) is 6.92 Å². The third kappa shape index (κ3) is 3.31. The normalized spacial score (nSPS) is 24.1. The number of carbonyl (C=O) groups excluding carboxylic acids is 2. The molecule has 1 amide bonds. The van der Waals surface area contributed by atoms with Gasteiger partial charge in [0.05, 0.1) is 0 Å². The van der Waals surface area contributed by atoms with Crippen molar-refractivity contribution in [1.82, 2.24) is 4.90 Å². The average Bonchev–Trinajstić information content (AvgIpc) is 2.58. The highest BCUT2D eigenvalue weighted by atomic mass is 16.3. The molecule has 1 heterocycles. The van der Waals surface area contributed by atoms with Gasteiger partial charge < -0.3 is 10.0 Å². The minimum atomic E-state index is -1.53. The summed E-state index contributed by atoms with van der Waals surface area (Å²) in [6, 6.07) is 0. The molecule has 1 saturated heterocycles. The average molecular weight is 255 g/mol. The van der Waals surface area contributed by atoms with Gasteiger partial charge in [0.2, 0.25) is 11.6 Å². The van der Waals surface area contributed by atoms with Crippen LogP contribution in [0.5, 0.6) is 0 Å². The number of aliphatic hydroxyl groups is 1. The summed E-state index contributed by atoms with van der Waals surface area (Å²) >= 11 is 0. The summed E-state index contributed by atoms with van der Waals surface area (Å²) in [5.41, 5.74) is -1.53. The maximum atomic E-state index is 12.1. The monoisotopic (exact) mass is 255 g/mol. The Balaban J connectivity index is 2.69. The Labute approximate surface area is 109 Å². The van der Waals surface area contributed by atoms with Crippen molar-refractivity contribution < 1.29 is 14.7 Å². The van der Waals surface area contributed by atoms with Gasteiger partial charge in [-0.2, -0.15) is 0 Å². The first-order valence-electron chi connectivity index (χ1n) is 6.98. The van der Waals surface area contributed by atoms with Crippen LogP contribution in [0.4, 0.5) is 0 Å². The van der Waals surface area contributed by atoms with Crippen molar-refractivity contribution in [3.05, 3.63) is 0 Å². The molecule has 0 aromatic carbocycles. The van der Waals surface area contributed by atoms with Crippen LogP contribution in [0, 0.1) is 5.92 Å². The highest BCUT2D eigenvalue weighted by molar-refractivity contribution is 5.94. The van der Waals surface area contributed by atoms with E-state index >= 15 is 0 Å². The maximum Gasteiger partial charge on any atom is 0.225 e. The highest BCUT2D eigenvalue weighted by Crippen LogP contribution is 2.31. The summed E-state index contributed by atoms with van der Waals surface area (Å²) in [7, 11) is 0. The molecule has 0 aromatic rings. The zero-order chi connectivity index (χ0) is 13.8. The number of carbonyl (C=O) groups is 2. The summed E-state index contributed by atoms with van der Waals surface area (Å²) in [6.07, 6.45) is 3.72. The van der Waals surface area contributed by atoms with Crippen molar-refractivity contribution in [1.29, 1.82) is 0 Å². The summed E-state index contributed by atoms with van der Waals surface area (Å²) in [5, 5.41) is 10.5. The first-order valence-corrected chi connectivity index (χ1v) is 6.98. The van der Waals surface area contributed by atoms with Crippen LogP contribution in [-0.4, -0.2) is 34.0 Å². The lowest BCUT2D eigenvalue weighted by atomic mass is 9.99. The van der Waals surface area contributed by atoms with Crippen LogP contribution in [0.2, 0.25) is 0 Å². The highest BCUT2D eigenvalue weighted by Gasteiger charge is 2.48. The Morgan fingerprint density at radius 1 is 1.44 bits per heavy atom. The maximum absolute atomic E-state index is 12.1. The van der Waals surface area contributed by atoms with Gasteiger partial charge in [0, 0.05) is 25.8 Å². The number of likely N-dealkylation sites (tertiary alicyclic amines) is 1. The molecular weight excluding hydrogens is 230 g/mol. The van der Waals surface area contributed by atoms with E-state index in [0.29, 0.717) is 13.0 Å². The SMILES string of the molecule is CCCCCC(=O)[C@@]1(O)CCC(=O)N1CC(C)C. The van der Waals surface area contributed by atoms with Gasteiger partial charge in [-0.05, 0) is 12.3 Å². The van der Waals surface area contributed by atoms with Crippen LogP contribution < -0.4 is 0 Å². The summed E-state index contributed by atoms with van der Waals surface area (Å²) in [4.78, 5) is 25.3. The molecule has 0 aromatic heterocycles.